The molecule has 6 heteroatoms. The monoisotopic (exact) mass is 274 g/mol. The van der Waals surface area contributed by atoms with Gasteiger partial charge >= 0.3 is 0 Å². The fraction of sp³-hybridized carbons (Fsp3) is 0.214. The number of halogens is 1. The van der Waals surface area contributed by atoms with E-state index in [1.807, 2.05) is 19.9 Å². The third-order valence-corrected chi connectivity index (χ3v) is 2.60. The van der Waals surface area contributed by atoms with Crippen LogP contribution < -0.4 is 10.9 Å². The molecule has 1 aromatic carbocycles. The van der Waals surface area contributed by atoms with Crippen LogP contribution in [0, 0.1) is 19.7 Å². The van der Waals surface area contributed by atoms with Gasteiger partial charge in [-0.15, -0.1) is 0 Å². The third-order valence-electron chi connectivity index (χ3n) is 2.60. The highest BCUT2D eigenvalue weighted by molar-refractivity contribution is 5.79. The molecule has 2 rings (SSSR count). The SMILES string of the molecule is Cc1cc(C)nc(NNC(=O)Cc2ccccc2F)n1. The Bertz CT molecular complexity index is 610. The van der Waals surface area contributed by atoms with E-state index < -0.39 is 5.82 Å². The molecule has 0 atom stereocenters. The number of benzene rings is 1. The number of nitrogens with zero attached hydrogens (tertiary/aromatic N) is 2. The maximum atomic E-state index is 13.4. The Balaban J connectivity index is 1.94. The number of hydrogen-bond acceptors (Lipinski definition) is 4. The summed E-state index contributed by atoms with van der Waals surface area (Å²) < 4.78 is 13.4. The Labute approximate surface area is 116 Å². The largest absolute Gasteiger partial charge is 0.273 e. The number of anilines is 1. The van der Waals surface area contributed by atoms with Gasteiger partial charge in [-0.05, 0) is 31.5 Å². The molecule has 0 aliphatic carbocycles. The van der Waals surface area contributed by atoms with E-state index in [9.17, 15) is 9.18 Å². The number of rotatable bonds is 4. The van der Waals surface area contributed by atoms with Gasteiger partial charge in [0.2, 0.25) is 11.9 Å². The van der Waals surface area contributed by atoms with Crippen LogP contribution in [0.25, 0.3) is 0 Å². The number of aryl methyl sites for hydroxylation is 2. The molecule has 2 N–H and O–H groups in total. The number of carbonyl (C=O) groups is 1. The summed E-state index contributed by atoms with van der Waals surface area (Å²) in [4.78, 5) is 20.0. The van der Waals surface area contributed by atoms with E-state index in [2.05, 4.69) is 20.8 Å². The number of carbonyl (C=O) groups excluding carboxylic acids is 1. The zero-order chi connectivity index (χ0) is 14.5. The quantitative estimate of drug-likeness (QED) is 0.836. The molecular formula is C14H15FN4O. The maximum Gasteiger partial charge on any atom is 0.242 e. The van der Waals surface area contributed by atoms with E-state index in [4.69, 9.17) is 0 Å². The second kappa shape index (κ2) is 6.10. The first kappa shape index (κ1) is 13.9. The van der Waals surface area contributed by atoms with Crippen molar-refractivity contribution < 1.29 is 9.18 Å². The van der Waals surface area contributed by atoms with Crippen molar-refractivity contribution in [1.82, 2.24) is 15.4 Å². The van der Waals surface area contributed by atoms with E-state index in [-0.39, 0.29) is 12.3 Å². The van der Waals surface area contributed by atoms with Gasteiger partial charge in [-0.2, -0.15) is 0 Å². The first-order valence-electron chi connectivity index (χ1n) is 6.15. The highest BCUT2D eigenvalue weighted by Gasteiger charge is 2.07. The van der Waals surface area contributed by atoms with Gasteiger partial charge in [0.15, 0.2) is 0 Å². The summed E-state index contributed by atoms with van der Waals surface area (Å²) in [5.41, 5.74) is 7.00. The molecule has 0 bridgehead atoms. The summed E-state index contributed by atoms with van der Waals surface area (Å²) in [7, 11) is 0. The summed E-state index contributed by atoms with van der Waals surface area (Å²) in [6.07, 6.45) is -0.0511. The molecule has 20 heavy (non-hydrogen) atoms. The van der Waals surface area contributed by atoms with Crippen LogP contribution in [0.3, 0.4) is 0 Å². The molecule has 0 fully saturated rings. The molecule has 104 valence electrons. The third kappa shape index (κ3) is 3.74. The Morgan fingerprint density at radius 1 is 1.20 bits per heavy atom. The molecule has 1 amide bonds. The predicted octanol–water partition coefficient (Wildman–Crippen LogP) is 1.92. The smallest absolute Gasteiger partial charge is 0.242 e. The molecule has 5 nitrogen and oxygen atoms in total. The highest BCUT2D eigenvalue weighted by Crippen LogP contribution is 2.07. The molecule has 1 heterocycles. The van der Waals surface area contributed by atoms with E-state index in [0.717, 1.165) is 11.4 Å². The second-order valence-electron chi connectivity index (χ2n) is 4.42. The minimum Gasteiger partial charge on any atom is -0.273 e. The fourth-order valence-electron chi connectivity index (χ4n) is 1.77. The summed E-state index contributed by atoms with van der Waals surface area (Å²) in [5, 5.41) is 0. The maximum absolute atomic E-state index is 13.4. The number of nitrogens with one attached hydrogen (secondary N) is 2. The van der Waals surface area contributed by atoms with Crippen molar-refractivity contribution in [3.63, 3.8) is 0 Å². The van der Waals surface area contributed by atoms with Crippen molar-refractivity contribution in [2.24, 2.45) is 0 Å². The standard InChI is InChI=1S/C14H15FN4O/c1-9-7-10(2)17-14(16-9)19-18-13(20)8-11-5-3-4-6-12(11)15/h3-7H,8H2,1-2H3,(H,18,20)(H,16,17,19). The van der Waals surface area contributed by atoms with E-state index in [1.165, 1.54) is 6.07 Å². The predicted molar refractivity (Wildman–Crippen MR) is 73.4 cm³/mol. The highest BCUT2D eigenvalue weighted by atomic mass is 19.1. The molecule has 0 saturated heterocycles. The van der Waals surface area contributed by atoms with E-state index >= 15 is 0 Å². The minimum atomic E-state index is -0.398. The lowest BCUT2D eigenvalue weighted by atomic mass is 10.1. The molecule has 0 unspecified atom stereocenters. The van der Waals surface area contributed by atoms with Gasteiger partial charge in [-0.1, -0.05) is 18.2 Å². The van der Waals surface area contributed by atoms with Gasteiger partial charge in [0.1, 0.15) is 5.82 Å². The molecule has 1 aromatic heterocycles. The molecular weight excluding hydrogens is 259 g/mol. The Morgan fingerprint density at radius 2 is 1.85 bits per heavy atom. The van der Waals surface area contributed by atoms with Crippen molar-refractivity contribution in [2.75, 3.05) is 5.43 Å². The van der Waals surface area contributed by atoms with Gasteiger partial charge in [0, 0.05) is 11.4 Å². The lowest BCUT2D eigenvalue weighted by Gasteiger charge is -2.08. The lowest BCUT2D eigenvalue weighted by molar-refractivity contribution is -0.120. The molecule has 0 radical (unpaired) electrons. The van der Waals surface area contributed by atoms with Crippen LogP contribution >= 0.6 is 0 Å². The molecule has 0 spiro atoms. The normalized spacial score (nSPS) is 10.2. The number of amides is 1. The zero-order valence-corrected chi connectivity index (χ0v) is 11.3. The van der Waals surface area contributed by atoms with Crippen LogP contribution in [0.2, 0.25) is 0 Å². The van der Waals surface area contributed by atoms with Crippen LogP contribution in [0.5, 0.6) is 0 Å². The summed E-state index contributed by atoms with van der Waals surface area (Å²) in [6.45, 7) is 3.67. The average Bonchev–Trinajstić information content (AvgIpc) is 2.38. The number of aromatic nitrogens is 2. The van der Waals surface area contributed by atoms with Crippen molar-refractivity contribution in [3.8, 4) is 0 Å². The van der Waals surface area contributed by atoms with Crippen molar-refractivity contribution >= 4 is 11.9 Å². The second-order valence-corrected chi connectivity index (χ2v) is 4.42. The molecule has 0 aliphatic rings. The Kier molecular flexibility index (Phi) is 4.24. The van der Waals surface area contributed by atoms with Crippen LogP contribution in [-0.4, -0.2) is 15.9 Å². The molecule has 0 saturated carbocycles. The van der Waals surface area contributed by atoms with Crippen molar-refractivity contribution in [3.05, 3.63) is 53.1 Å². The first-order chi connectivity index (χ1) is 9.54. The van der Waals surface area contributed by atoms with Gasteiger partial charge in [-0.3, -0.25) is 15.6 Å². The Morgan fingerprint density at radius 3 is 2.50 bits per heavy atom. The van der Waals surface area contributed by atoms with Crippen LogP contribution in [0.4, 0.5) is 10.3 Å². The summed E-state index contributed by atoms with van der Waals surface area (Å²) >= 11 is 0. The summed E-state index contributed by atoms with van der Waals surface area (Å²) in [5.74, 6) is -0.451. The fourth-order valence-corrected chi connectivity index (χ4v) is 1.77. The van der Waals surface area contributed by atoms with Gasteiger partial charge in [0.05, 0.1) is 6.42 Å². The topological polar surface area (TPSA) is 66.9 Å². The lowest BCUT2D eigenvalue weighted by Crippen LogP contribution is -2.32. The zero-order valence-electron chi connectivity index (χ0n) is 11.3. The summed E-state index contributed by atoms with van der Waals surface area (Å²) in [6, 6.07) is 7.99. The van der Waals surface area contributed by atoms with Gasteiger partial charge in [-0.25, -0.2) is 14.4 Å². The van der Waals surface area contributed by atoms with Crippen molar-refractivity contribution in [1.29, 1.82) is 0 Å². The van der Waals surface area contributed by atoms with Gasteiger partial charge < -0.3 is 0 Å². The average molecular weight is 274 g/mol. The Hall–Kier alpha value is -2.50. The number of hydrazine groups is 1. The van der Waals surface area contributed by atoms with Crippen molar-refractivity contribution in [2.45, 2.75) is 20.3 Å². The van der Waals surface area contributed by atoms with Crippen LogP contribution in [0.15, 0.2) is 30.3 Å². The number of hydrogen-bond donors (Lipinski definition) is 2. The van der Waals surface area contributed by atoms with E-state index in [1.54, 1.807) is 18.2 Å². The first-order valence-corrected chi connectivity index (χ1v) is 6.15. The van der Waals surface area contributed by atoms with Gasteiger partial charge in [0.25, 0.3) is 0 Å². The van der Waals surface area contributed by atoms with Crippen LogP contribution in [-0.2, 0) is 11.2 Å². The van der Waals surface area contributed by atoms with E-state index in [0.29, 0.717) is 11.5 Å². The van der Waals surface area contributed by atoms with Crippen LogP contribution in [0.1, 0.15) is 17.0 Å². The molecule has 0 aliphatic heterocycles. The molecule has 2 aromatic rings. The minimum absolute atomic E-state index is 0.0511.